The van der Waals surface area contributed by atoms with Crippen molar-refractivity contribution in [1.29, 1.82) is 5.26 Å². The van der Waals surface area contributed by atoms with Gasteiger partial charge in [-0.2, -0.15) is 15.2 Å². The van der Waals surface area contributed by atoms with Gasteiger partial charge >= 0.3 is 0 Å². The minimum absolute atomic E-state index is 0.0386. The summed E-state index contributed by atoms with van der Waals surface area (Å²) in [6.45, 7) is 4.68. The summed E-state index contributed by atoms with van der Waals surface area (Å²) in [5.74, 6) is 0.0305. The van der Waals surface area contributed by atoms with E-state index in [2.05, 4.69) is 20.1 Å². The zero-order valence-electron chi connectivity index (χ0n) is 22.9. The van der Waals surface area contributed by atoms with Gasteiger partial charge in [-0.05, 0) is 32.3 Å². The third-order valence-electron chi connectivity index (χ3n) is 7.26. The maximum atomic E-state index is 16.3. The Balaban J connectivity index is 1.56. The number of anilines is 3. The second kappa shape index (κ2) is 10.6. The molecule has 10 nitrogen and oxygen atoms in total. The molecule has 41 heavy (non-hydrogen) atoms. The molecule has 0 amide bonds. The van der Waals surface area contributed by atoms with Crippen molar-refractivity contribution in [1.82, 2.24) is 30.2 Å². The number of likely N-dealkylation sites (N-methyl/N-ethyl adjacent to an activating group) is 2. The highest BCUT2D eigenvalue weighted by Gasteiger charge is 2.24. The van der Waals surface area contributed by atoms with E-state index < -0.39 is 11.6 Å². The Bertz CT molecular complexity index is 1840. The number of aromatic nitrogens is 4. The molecule has 0 unspecified atom stereocenters. The van der Waals surface area contributed by atoms with Gasteiger partial charge in [-0.1, -0.05) is 0 Å². The molecule has 1 aliphatic heterocycles. The van der Waals surface area contributed by atoms with E-state index in [1.807, 2.05) is 38.2 Å². The molecule has 5 aromatic rings. The van der Waals surface area contributed by atoms with Crippen molar-refractivity contribution < 1.29 is 8.78 Å². The molecule has 1 aromatic carbocycles. The van der Waals surface area contributed by atoms with Crippen molar-refractivity contribution >= 4 is 60.1 Å². The minimum atomic E-state index is -0.684. The number of hydrogen-bond donors (Lipinski definition) is 2. The smallest absolute Gasteiger partial charge is 0.229 e. The summed E-state index contributed by atoms with van der Waals surface area (Å²) in [5, 5.41) is 14.7. The minimum Gasteiger partial charge on any atom is -0.389 e. The quantitative estimate of drug-likeness (QED) is 0.291. The fourth-order valence-corrected chi connectivity index (χ4v) is 5.99. The van der Waals surface area contributed by atoms with Crippen LogP contribution in [0.5, 0.6) is 0 Å². The van der Waals surface area contributed by atoms with Crippen LogP contribution < -0.4 is 20.9 Å². The normalized spacial score (nSPS) is 13.9. The third-order valence-corrected chi connectivity index (χ3v) is 8.29. The van der Waals surface area contributed by atoms with Crippen LogP contribution in [0.1, 0.15) is 5.56 Å². The van der Waals surface area contributed by atoms with Gasteiger partial charge in [-0.15, -0.1) is 11.3 Å². The summed E-state index contributed by atoms with van der Waals surface area (Å²) in [4.78, 5) is 25.0. The van der Waals surface area contributed by atoms with Gasteiger partial charge < -0.3 is 25.8 Å². The second-order valence-corrected chi connectivity index (χ2v) is 11.3. The van der Waals surface area contributed by atoms with Crippen LogP contribution in [-0.4, -0.2) is 85.2 Å². The Morgan fingerprint density at radius 1 is 1.12 bits per heavy atom. The molecule has 0 radical (unpaired) electrons. The first-order valence-corrected chi connectivity index (χ1v) is 14.0. The fourth-order valence-electron chi connectivity index (χ4n) is 5.04. The fraction of sp³-hybridized carbons (Fsp3) is 0.321. The SMILES string of the molecule is CN(C)CCN(C)c1nc(N2CCNCC2)c2cc3cnc(-c4ccc(F)c5sc(N)c(C#N)c45)c(F)c3nc2n1. The number of nitrogens with two attached hydrogens (primary N) is 1. The topological polar surface area (TPSA) is 123 Å². The predicted molar refractivity (Wildman–Crippen MR) is 159 cm³/mol. The second-order valence-electron chi connectivity index (χ2n) is 10.3. The Morgan fingerprint density at radius 2 is 1.90 bits per heavy atom. The maximum absolute atomic E-state index is 16.3. The molecular formula is C28H28F2N10S. The van der Waals surface area contributed by atoms with Crippen molar-refractivity contribution in [3.63, 3.8) is 0 Å². The van der Waals surface area contributed by atoms with Gasteiger partial charge in [-0.3, -0.25) is 4.98 Å². The number of benzene rings is 1. The highest BCUT2D eigenvalue weighted by Crippen LogP contribution is 2.42. The van der Waals surface area contributed by atoms with Gasteiger partial charge in [0.1, 0.15) is 33.9 Å². The number of piperazine rings is 1. The van der Waals surface area contributed by atoms with Crippen molar-refractivity contribution in [2.24, 2.45) is 0 Å². The van der Waals surface area contributed by atoms with Crippen LogP contribution in [0.2, 0.25) is 0 Å². The van der Waals surface area contributed by atoms with E-state index in [0.29, 0.717) is 28.9 Å². The molecule has 0 spiro atoms. The zero-order valence-corrected chi connectivity index (χ0v) is 23.7. The van der Waals surface area contributed by atoms with Crippen LogP contribution in [0, 0.1) is 23.0 Å². The molecule has 1 fully saturated rings. The maximum Gasteiger partial charge on any atom is 0.229 e. The first-order valence-electron chi connectivity index (χ1n) is 13.2. The van der Waals surface area contributed by atoms with Crippen LogP contribution in [-0.2, 0) is 0 Å². The molecule has 0 bridgehead atoms. The number of nitrogen functional groups attached to an aromatic ring is 1. The Kier molecular flexibility index (Phi) is 6.98. The summed E-state index contributed by atoms with van der Waals surface area (Å²) in [6, 6.07) is 6.50. The molecular weight excluding hydrogens is 546 g/mol. The number of pyridine rings is 2. The number of fused-ring (bicyclic) bond motifs is 3. The monoisotopic (exact) mass is 574 g/mol. The van der Waals surface area contributed by atoms with E-state index in [9.17, 15) is 9.65 Å². The van der Waals surface area contributed by atoms with E-state index in [0.717, 1.165) is 49.9 Å². The van der Waals surface area contributed by atoms with Gasteiger partial charge in [-0.25, -0.2) is 13.8 Å². The van der Waals surface area contributed by atoms with Gasteiger partial charge in [0.05, 0.1) is 15.6 Å². The van der Waals surface area contributed by atoms with Crippen molar-refractivity contribution in [2.45, 2.75) is 0 Å². The summed E-state index contributed by atoms with van der Waals surface area (Å²) in [5.41, 5.74) is 6.78. The van der Waals surface area contributed by atoms with Crippen LogP contribution in [0.4, 0.5) is 25.5 Å². The highest BCUT2D eigenvalue weighted by atomic mass is 32.1. The number of hydrogen-bond acceptors (Lipinski definition) is 11. The lowest BCUT2D eigenvalue weighted by Gasteiger charge is -2.30. The molecule has 0 atom stereocenters. The Morgan fingerprint density at radius 3 is 2.63 bits per heavy atom. The van der Waals surface area contributed by atoms with Gasteiger partial charge in [0, 0.05) is 68.8 Å². The van der Waals surface area contributed by atoms with E-state index in [1.54, 1.807) is 0 Å². The molecule has 1 saturated heterocycles. The predicted octanol–water partition coefficient (Wildman–Crippen LogP) is 3.59. The molecule has 0 aliphatic carbocycles. The van der Waals surface area contributed by atoms with E-state index in [1.165, 1.54) is 18.3 Å². The van der Waals surface area contributed by atoms with Gasteiger partial charge in [0.25, 0.3) is 0 Å². The number of rotatable bonds is 6. The van der Waals surface area contributed by atoms with Crippen LogP contribution in [0.25, 0.3) is 43.3 Å². The lowest BCUT2D eigenvalue weighted by Crippen LogP contribution is -2.44. The van der Waals surface area contributed by atoms with Gasteiger partial charge in [0.2, 0.25) is 5.95 Å². The first kappa shape index (κ1) is 26.9. The third kappa shape index (κ3) is 4.73. The largest absolute Gasteiger partial charge is 0.389 e. The van der Waals surface area contributed by atoms with Crippen LogP contribution in [0.3, 0.4) is 0 Å². The number of nitriles is 1. The average molecular weight is 575 g/mol. The van der Waals surface area contributed by atoms with Crippen molar-refractivity contribution in [3.05, 3.63) is 41.6 Å². The Labute approximate surface area is 239 Å². The van der Waals surface area contributed by atoms with E-state index >= 15 is 4.39 Å². The molecule has 5 heterocycles. The number of nitrogens with one attached hydrogen (secondary N) is 1. The van der Waals surface area contributed by atoms with Crippen LogP contribution in [0.15, 0.2) is 24.4 Å². The Hall–Kier alpha value is -4.25. The highest BCUT2D eigenvalue weighted by molar-refractivity contribution is 7.23. The van der Waals surface area contributed by atoms with Crippen molar-refractivity contribution in [3.8, 4) is 17.3 Å². The number of thiophene rings is 1. The van der Waals surface area contributed by atoms with E-state index in [4.69, 9.17) is 20.7 Å². The lowest BCUT2D eigenvalue weighted by atomic mass is 10.0. The zero-order chi connectivity index (χ0) is 28.8. The average Bonchev–Trinajstić information content (AvgIpc) is 3.32. The van der Waals surface area contributed by atoms with Gasteiger partial charge in [0.15, 0.2) is 11.5 Å². The molecule has 3 N–H and O–H groups in total. The summed E-state index contributed by atoms with van der Waals surface area (Å²) < 4.78 is 31.1. The van der Waals surface area contributed by atoms with Crippen molar-refractivity contribution in [2.75, 3.05) is 75.9 Å². The summed E-state index contributed by atoms with van der Waals surface area (Å²) >= 11 is 0.956. The standard InChI is InChI=1S/C28H28F2N10S/c1-38(2)10-11-39(3)28-36-26-17(27(37-28)40-8-6-33-7-9-40)12-15-14-34-23(21(30)22(15)35-26)16-4-5-19(29)24-20(16)18(13-31)25(32)41-24/h4-5,12,14,33H,6-11,32H2,1-3H3. The summed E-state index contributed by atoms with van der Waals surface area (Å²) in [7, 11) is 5.93. The molecule has 0 saturated carbocycles. The first-order chi connectivity index (χ1) is 19.8. The lowest BCUT2D eigenvalue weighted by molar-refractivity contribution is 0.415. The molecule has 1 aliphatic rings. The van der Waals surface area contributed by atoms with E-state index in [-0.39, 0.29) is 37.4 Å². The molecule has 210 valence electrons. The summed E-state index contributed by atoms with van der Waals surface area (Å²) in [6.07, 6.45) is 1.54. The van der Waals surface area contributed by atoms with Crippen LogP contribution >= 0.6 is 11.3 Å². The molecule has 4 aromatic heterocycles. The molecule has 6 rings (SSSR count). The number of nitrogens with zero attached hydrogens (tertiary/aromatic N) is 8. The number of halogens is 2. The molecule has 13 heteroatoms.